The van der Waals surface area contributed by atoms with Crippen LogP contribution in [0.4, 0.5) is 10.2 Å². The molecule has 72 valence electrons. The summed E-state index contributed by atoms with van der Waals surface area (Å²) in [5.74, 6) is 0.770. The lowest BCUT2D eigenvalue weighted by molar-refractivity contribution is 0.273. The highest BCUT2D eigenvalue weighted by Gasteiger charge is 2.27. The van der Waals surface area contributed by atoms with Gasteiger partial charge in [0.15, 0.2) is 5.65 Å². The number of hydrogen-bond acceptors (Lipinski definition) is 4. The van der Waals surface area contributed by atoms with E-state index in [1.807, 2.05) is 17.0 Å². The summed E-state index contributed by atoms with van der Waals surface area (Å²) >= 11 is 0. The van der Waals surface area contributed by atoms with Gasteiger partial charge in [-0.3, -0.25) is 0 Å². The molecule has 1 aliphatic rings. The molecule has 0 saturated carbocycles. The number of hydrogen-bond donors (Lipinski definition) is 0. The van der Waals surface area contributed by atoms with Gasteiger partial charge in [0.25, 0.3) is 0 Å². The van der Waals surface area contributed by atoms with Crippen LogP contribution in [-0.2, 0) is 0 Å². The third-order valence-corrected chi connectivity index (χ3v) is 2.31. The van der Waals surface area contributed by atoms with Crippen LogP contribution in [0, 0.1) is 0 Å². The molecule has 2 aromatic rings. The van der Waals surface area contributed by atoms with Crippen molar-refractivity contribution in [2.75, 3.05) is 18.0 Å². The summed E-state index contributed by atoms with van der Waals surface area (Å²) in [5.41, 5.74) is 0.700. The first-order chi connectivity index (χ1) is 6.83. The van der Waals surface area contributed by atoms with Gasteiger partial charge in [0.1, 0.15) is 18.3 Å². The maximum absolute atomic E-state index is 12.6. The topological polar surface area (TPSA) is 46.3 Å². The van der Waals surface area contributed by atoms with Crippen molar-refractivity contribution < 1.29 is 4.39 Å². The van der Waals surface area contributed by atoms with Gasteiger partial charge in [-0.2, -0.15) is 4.52 Å². The highest BCUT2D eigenvalue weighted by Crippen LogP contribution is 2.19. The second kappa shape index (κ2) is 2.63. The molecule has 1 saturated heterocycles. The highest BCUT2D eigenvalue weighted by atomic mass is 19.1. The molecule has 3 rings (SSSR count). The number of nitrogens with zero attached hydrogens (tertiary/aromatic N) is 5. The van der Waals surface area contributed by atoms with Crippen LogP contribution in [0.1, 0.15) is 0 Å². The van der Waals surface area contributed by atoms with Gasteiger partial charge < -0.3 is 4.90 Å². The maximum atomic E-state index is 12.6. The third kappa shape index (κ3) is 1.03. The molecule has 5 nitrogen and oxygen atoms in total. The Kier molecular flexibility index (Phi) is 1.44. The minimum absolute atomic E-state index is 0.431. The van der Waals surface area contributed by atoms with Crippen LogP contribution in [0.2, 0.25) is 0 Å². The van der Waals surface area contributed by atoms with Crippen molar-refractivity contribution in [1.82, 2.24) is 19.8 Å². The van der Waals surface area contributed by atoms with Gasteiger partial charge >= 0.3 is 0 Å². The molecule has 14 heavy (non-hydrogen) atoms. The van der Waals surface area contributed by atoms with E-state index in [0.29, 0.717) is 18.7 Å². The molecule has 0 spiro atoms. The molecule has 1 fully saturated rings. The number of alkyl halides is 1. The SMILES string of the molecule is FC1CN(c2ccc3nncn3n2)C1. The first-order valence-corrected chi connectivity index (χ1v) is 4.39. The Morgan fingerprint density at radius 3 is 3.00 bits per heavy atom. The van der Waals surface area contributed by atoms with E-state index in [4.69, 9.17) is 0 Å². The van der Waals surface area contributed by atoms with E-state index in [-0.39, 0.29) is 0 Å². The summed E-state index contributed by atoms with van der Waals surface area (Å²) in [7, 11) is 0. The predicted octanol–water partition coefficient (Wildman–Crippen LogP) is 0.282. The fourth-order valence-corrected chi connectivity index (χ4v) is 1.50. The van der Waals surface area contributed by atoms with Crippen LogP contribution in [-0.4, -0.2) is 39.1 Å². The normalized spacial score (nSPS) is 17.4. The van der Waals surface area contributed by atoms with Crippen LogP contribution < -0.4 is 4.90 Å². The molecule has 0 bridgehead atoms. The quantitative estimate of drug-likeness (QED) is 0.652. The van der Waals surface area contributed by atoms with Crippen molar-refractivity contribution in [3.05, 3.63) is 18.5 Å². The molecule has 1 aliphatic heterocycles. The Bertz CT molecular complexity index is 461. The summed E-state index contributed by atoms with van der Waals surface area (Å²) in [6.07, 6.45) is 0.819. The third-order valence-electron chi connectivity index (χ3n) is 2.31. The first kappa shape index (κ1) is 7.66. The molecule has 0 atom stereocenters. The number of aromatic nitrogens is 4. The highest BCUT2D eigenvalue weighted by molar-refractivity contribution is 5.46. The Labute approximate surface area is 79.2 Å². The van der Waals surface area contributed by atoms with Crippen molar-refractivity contribution in [2.24, 2.45) is 0 Å². The molecule has 6 heteroatoms. The maximum Gasteiger partial charge on any atom is 0.177 e. The van der Waals surface area contributed by atoms with Crippen molar-refractivity contribution in [2.45, 2.75) is 6.17 Å². The van der Waals surface area contributed by atoms with Crippen molar-refractivity contribution in [1.29, 1.82) is 0 Å². The summed E-state index contributed by atoms with van der Waals surface area (Å²) in [6, 6.07) is 3.65. The lowest BCUT2D eigenvalue weighted by Crippen LogP contribution is -2.48. The number of anilines is 1. The summed E-state index contributed by atoms with van der Waals surface area (Å²) in [5, 5.41) is 11.8. The number of halogens is 1. The lowest BCUT2D eigenvalue weighted by atomic mass is 10.2. The van der Waals surface area contributed by atoms with Gasteiger partial charge in [-0.25, -0.2) is 4.39 Å². The van der Waals surface area contributed by atoms with E-state index in [1.54, 1.807) is 4.52 Å². The summed E-state index contributed by atoms with van der Waals surface area (Å²) in [6.45, 7) is 0.862. The number of rotatable bonds is 1. The zero-order chi connectivity index (χ0) is 9.54. The molecule has 2 aromatic heterocycles. The van der Waals surface area contributed by atoms with Crippen LogP contribution >= 0.6 is 0 Å². The smallest absolute Gasteiger partial charge is 0.177 e. The van der Waals surface area contributed by atoms with Gasteiger partial charge in [-0.15, -0.1) is 15.3 Å². The molecular weight excluding hydrogens is 185 g/mol. The van der Waals surface area contributed by atoms with Gasteiger partial charge in [-0.05, 0) is 12.1 Å². The number of fused-ring (bicyclic) bond motifs is 1. The zero-order valence-electron chi connectivity index (χ0n) is 7.34. The van der Waals surface area contributed by atoms with Gasteiger partial charge in [-0.1, -0.05) is 0 Å². The molecule has 0 amide bonds. The Balaban J connectivity index is 1.97. The Hall–Kier alpha value is -1.72. The van der Waals surface area contributed by atoms with Crippen molar-refractivity contribution >= 4 is 11.5 Å². The molecule has 0 aliphatic carbocycles. The minimum Gasteiger partial charge on any atom is -0.349 e. The first-order valence-electron chi connectivity index (χ1n) is 4.39. The minimum atomic E-state index is -0.714. The van der Waals surface area contributed by atoms with Crippen LogP contribution in [0.25, 0.3) is 5.65 Å². The molecule has 0 unspecified atom stereocenters. The largest absolute Gasteiger partial charge is 0.349 e. The van der Waals surface area contributed by atoms with E-state index in [0.717, 1.165) is 5.82 Å². The Morgan fingerprint density at radius 2 is 2.21 bits per heavy atom. The van der Waals surface area contributed by atoms with Crippen molar-refractivity contribution in [3.8, 4) is 0 Å². The average Bonchev–Trinajstić information content (AvgIpc) is 2.59. The molecule has 3 heterocycles. The second-order valence-corrected chi connectivity index (χ2v) is 3.33. The lowest BCUT2D eigenvalue weighted by Gasteiger charge is -2.34. The van der Waals surface area contributed by atoms with E-state index >= 15 is 0 Å². The van der Waals surface area contributed by atoms with Crippen LogP contribution in [0.15, 0.2) is 18.5 Å². The Morgan fingerprint density at radius 1 is 1.36 bits per heavy atom. The summed E-state index contributed by atoms with van der Waals surface area (Å²) < 4.78 is 14.2. The monoisotopic (exact) mass is 193 g/mol. The van der Waals surface area contributed by atoms with E-state index in [9.17, 15) is 4.39 Å². The van der Waals surface area contributed by atoms with Crippen molar-refractivity contribution in [3.63, 3.8) is 0 Å². The van der Waals surface area contributed by atoms with E-state index in [1.165, 1.54) is 6.33 Å². The molecular formula is C8H8FN5. The zero-order valence-corrected chi connectivity index (χ0v) is 7.34. The van der Waals surface area contributed by atoms with Gasteiger partial charge in [0, 0.05) is 0 Å². The average molecular weight is 193 g/mol. The predicted molar refractivity (Wildman–Crippen MR) is 47.9 cm³/mol. The van der Waals surface area contributed by atoms with E-state index in [2.05, 4.69) is 15.3 Å². The fourth-order valence-electron chi connectivity index (χ4n) is 1.50. The summed E-state index contributed by atoms with van der Waals surface area (Å²) in [4.78, 5) is 1.88. The van der Waals surface area contributed by atoms with Gasteiger partial charge in [0.2, 0.25) is 0 Å². The molecule has 0 N–H and O–H groups in total. The molecule has 0 aromatic carbocycles. The second-order valence-electron chi connectivity index (χ2n) is 3.33. The van der Waals surface area contributed by atoms with Gasteiger partial charge in [0.05, 0.1) is 13.1 Å². The van der Waals surface area contributed by atoms with E-state index < -0.39 is 6.17 Å². The van der Waals surface area contributed by atoms with Crippen LogP contribution in [0.5, 0.6) is 0 Å². The fraction of sp³-hybridized carbons (Fsp3) is 0.375. The van der Waals surface area contributed by atoms with Crippen LogP contribution in [0.3, 0.4) is 0 Å². The standard InChI is InChI=1S/C8H8FN5/c9-6-3-13(4-6)8-2-1-7-11-10-5-14(7)12-8/h1-2,5-6H,3-4H2. The molecule has 0 radical (unpaired) electrons.